The summed E-state index contributed by atoms with van der Waals surface area (Å²) in [4.78, 5) is 22.2. The summed E-state index contributed by atoms with van der Waals surface area (Å²) in [6, 6.07) is 9.54. The molecule has 0 aliphatic carbocycles. The summed E-state index contributed by atoms with van der Waals surface area (Å²) in [5.74, 6) is -0.291. The molecule has 0 fully saturated rings. The molecule has 0 aromatic heterocycles. The van der Waals surface area contributed by atoms with Crippen LogP contribution in [0.25, 0.3) is 0 Å². The van der Waals surface area contributed by atoms with Gasteiger partial charge in [-0.15, -0.1) is 0 Å². The smallest absolute Gasteiger partial charge is 0.270 e. The van der Waals surface area contributed by atoms with Crippen LogP contribution in [0.2, 0.25) is 0 Å². The summed E-state index contributed by atoms with van der Waals surface area (Å²) < 4.78 is 0. The lowest BCUT2D eigenvalue weighted by Crippen LogP contribution is -2.24. The zero-order chi connectivity index (χ0) is 17.0. The molecular weight excluding hydrogens is 296 g/mol. The summed E-state index contributed by atoms with van der Waals surface area (Å²) >= 11 is 0. The Morgan fingerprint density at radius 1 is 1.17 bits per heavy atom. The Bertz CT molecular complexity index is 756. The molecule has 0 heterocycles. The van der Waals surface area contributed by atoms with Gasteiger partial charge in [0.1, 0.15) is 5.75 Å². The minimum absolute atomic E-state index is 0.0389. The predicted molar refractivity (Wildman–Crippen MR) is 86.2 cm³/mol. The fourth-order valence-corrected chi connectivity index (χ4v) is 2.18. The Kier molecular flexibility index (Phi) is 4.95. The number of phenolic OH excluding ortho intramolecular Hbond substituents is 1. The number of nitro groups is 1. The second kappa shape index (κ2) is 6.91. The van der Waals surface area contributed by atoms with E-state index in [2.05, 4.69) is 5.32 Å². The number of aromatic hydroxyl groups is 1. The predicted octanol–water partition coefficient (Wildman–Crippen LogP) is 2.78. The minimum Gasteiger partial charge on any atom is -0.508 e. The number of nitrogens with zero attached hydrogens (tertiary/aromatic N) is 1. The van der Waals surface area contributed by atoms with Crippen molar-refractivity contribution in [3.63, 3.8) is 0 Å². The molecule has 2 N–H and O–H groups in total. The van der Waals surface area contributed by atoms with Crippen molar-refractivity contribution in [2.24, 2.45) is 0 Å². The Morgan fingerprint density at radius 3 is 2.57 bits per heavy atom. The van der Waals surface area contributed by atoms with Crippen LogP contribution >= 0.6 is 0 Å². The molecule has 0 spiro atoms. The van der Waals surface area contributed by atoms with E-state index in [9.17, 15) is 20.0 Å². The van der Waals surface area contributed by atoms with Crippen LogP contribution in [0.4, 0.5) is 5.69 Å². The molecule has 0 aliphatic rings. The lowest BCUT2D eigenvalue weighted by molar-refractivity contribution is -0.384. The molecule has 6 nitrogen and oxygen atoms in total. The standard InChI is InChI=1S/C17H18N2O4/c1-11-3-4-13(7-12(11)2)8-17(21)18-10-14-9-15(19(22)23)5-6-16(14)20/h3-7,9,20H,8,10H2,1-2H3,(H,18,21). The number of carbonyl (C=O) groups excluding carboxylic acids is 1. The Hall–Kier alpha value is -2.89. The van der Waals surface area contributed by atoms with Gasteiger partial charge in [0.05, 0.1) is 11.3 Å². The molecule has 0 radical (unpaired) electrons. The molecule has 6 heteroatoms. The first-order valence-electron chi connectivity index (χ1n) is 7.16. The zero-order valence-electron chi connectivity index (χ0n) is 13.0. The van der Waals surface area contributed by atoms with E-state index in [1.807, 2.05) is 32.0 Å². The van der Waals surface area contributed by atoms with Gasteiger partial charge in [-0.3, -0.25) is 14.9 Å². The van der Waals surface area contributed by atoms with Gasteiger partial charge >= 0.3 is 0 Å². The van der Waals surface area contributed by atoms with Gasteiger partial charge in [-0.1, -0.05) is 18.2 Å². The van der Waals surface area contributed by atoms with Gasteiger partial charge in [0, 0.05) is 24.2 Å². The van der Waals surface area contributed by atoms with E-state index in [4.69, 9.17) is 0 Å². The van der Waals surface area contributed by atoms with E-state index in [0.717, 1.165) is 16.7 Å². The molecule has 2 rings (SSSR count). The summed E-state index contributed by atoms with van der Waals surface area (Å²) in [6.45, 7) is 4.03. The Labute approximate surface area is 133 Å². The number of hydrogen-bond acceptors (Lipinski definition) is 4. The van der Waals surface area contributed by atoms with Gasteiger partial charge in [-0.25, -0.2) is 0 Å². The number of hydrogen-bond donors (Lipinski definition) is 2. The van der Waals surface area contributed by atoms with Crippen LogP contribution in [0.15, 0.2) is 36.4 Å². The van der Waals surface area contributed by atoms with Gasteiger partial charge in [0.15, 0.2) is 0 Å². The molecule has 2 aromatic rings. The lowest BCUT2D eigenvalue weighted by Gasteiger charge is -2.08. The van der Waals surface area contributed by atoms with Crippen LogP contribution in [0.5, 0.6) is 5.75 Å². The van der Waals surface area contributed by atoms with E-state index in [1.165, 1.54) is 18.2 Å². The summed E-state index contributed by atoms with van der Waals surface area (Å²) in [5.41, 5.74) is 3.37. The molecule has 0 saturated heterocycles. The molecule has 0 aliphatic heterocycles. The molecule has 2 aromatic carbocycles. The highest BCUT2D eigenvalue weighted by Gasteiger charge is 2.11. The van der Waals surface area contributed by atoms with Crippen molar-refractivity contribution >= 4 is 11.6 Å². The van der Waals surface area contributed by atoms with Gasteiger partial charge in [0.25, 0.3) is 5.69 Å². The summed E-state index contributed by atoms with van der Waals surface area (Å²) in [5, 5.41) is 23.1. The van der Waals surface area contributed by atoms with E-state index in [1.54, 1.807) is 0 Å². The number of nitrogens with one attached hydrogen (secondary N) is 1. The van der Waals surface area contributed by atoms with Crippen LogP contribution < -0.4 is 5.32 Å². The molecule has 1 amide bonds. The second-order valence-electron chi connectivity index (χ2n) is 5.44. The third kappa shape index (κ3) is 4.29. The fourth-order valence-electron chi connectivity index (χ4n) is 2.18. The Balaban J connectivity index is 2.00. The first-order chi connectivity index (χ1) is 10.9. The van der Waals surface area contributed by atoms with Gasteiger partial charge in [-0.2, -0.15) is 0 Å². The third-order valence-electron chi connectivity index (χ3n) is 3.69. The SMILES string of the molecule is Cc1ccc(CC(=O)NCc2cc([N+](=O)[O-])ccc2O)cc1C. The van der Waals surface area contributed by atoms with Crippen LogP contribution in [0, 0.1) is 24.0 Å². The van der Waals surface area contributed by atoms with Crippen molar-refractivity contribution < 1.29 is 14.8 Å². The van der Waals surface area contributed by atoms with Crippen molar-refractivity contribution in [3.05, 3.63) is 68.8 Å². The molecular formula is C17H18N2O4. The highest BCUT2D eigenvalue weighted by Crippen LogP contribution is 2.22. The van der Waals surface area contributed by atoms with E-state index in [0.29, 0.717) is 5.56 Å². The molecule has 0 saturated carbocycles. The fraction of sp³-hybridized carbons (Fsp3) is 0.235. The molecule has 0 atom stereocenters. The normalized spacial score (nSPS) is 10.3. The lowest BCUT2D eigenvalue weighted by atomic mass is 10.0. The number of aryl methyl sites for hydroxylation is 2. The van der Waals surface area contributed by atoms with Crippen LogP contribution in [-0.2, 0) is 17.8 Å². The maximum absolute atomic E-state index is 12.0. The largest absolute Gasteiger partial charge is 0.508 e. The number of nitro benzene ring substituents is 1. The average molecular weight is 314 g/mol. The maximum Gasteiger partial charge on any atom is 0.270 e. The number of amides is 1. The molecule has 0 unspecified atom stereocenters. The van der Waals surface area contributed by atoms with Crippen LogP contribution in [-0.4, -0.2) is 15.9 Å². The highest BCUT2D eigenvalue weighted by atomic mass is 16.6. The number of benzene rings is 2. The van der Waals surface area contributed by atoms with E-state index >= 15 is 0 Å². The van der Waals surface area contributed by atoms with E-state index in [-0.39, 0.29) is 30.3 Å². The van der Waals surface area contributed by atoms with Crippen molar-refractivity contribution in [2.45, 2.75) is 26.8 Å². The van der Waals surface area contributed by atoms with Crippen molar-refractivity contribution in [2.75, 3.05) is 0 Å². The van der Waals surface area contributed by atoms with Gasteiger partial charge < -0.3 is 10.4 Å². The van der Waals surface area contributed by atoms with Crippen LogP contribution in [0.3, 0.4) is 0 Å². The summed E-state index contributed by atoms with van der Waals surface area (Å²) in [7, 11) is 0. The van der Waals surface area contributed by atoms with Crippen molar-refractivity contribution in [1.82, 2.24) is 5.32 Å². The number of rotatable bonds is 5. The van der Waals surface area contributed by atoms with E-state index < -0.39 is 4.92 Å². The topological polar surface area (TPSA) is 92.5 Å². The summed E-state index contributed by atoms with van der Waals surface area (Å²) in [6.07, 6.45) is 0.219. The Morgan fingerprint density at radius 2 is 1.91 bits per heavy atom. The first kappa shape index (κ1) is 16.5. The quantitative estimate of drug-likeness (QED) is 0.655. The molecule has 23 heavy (non-hydrogen) atoms. The minimum atomic E-state index is -0.542. The van der Waals surface area contributed by atoms with Crippen LogP contribution in [0.1, 0.15) is 22.3 Å². The zero-order valence-corrected chi connectivity index (χ0v) is 13.0. The molecule has 0 bridgehead atoms. The van der Waals surface area contributed by atoms with Gasteiger partial charge in [0.2, 0.25) is 5.91 Å². The van der Waals surface area contributed by atoms with Crippen molar-refractivity contribution in [1.29, 1.82) is 0 Å². The first-order valence-corrected chi connectivity index (χ1v) is 7.16. The highest BCUT2D eigenvalue weighted by molar-refractivity contribution is 5.78. The average Bonchev–Trinajstić information content (AvgIpc) is 2.50. The second-order valence-corrected chi connectivity index (χ2v) is 5.44. The number of non-ortho nitro benzene ring substituents is 1. The monoisotopic (exact) mass is 314 g/mol. The third-order valence-corrected chi connectivity index (χ3v) is 3.69. The number of carbonyl (C=O) groups is 1. The van der Waals surface area contributed by atoms with Crippen molar-refractivity contribution in [3.8, 4) is 5.75 Å². The molecule has 120 valence electrons. The number of phenols is 1. The maximum atomic E-state index is 12.0. The van der Waals surface area contributed by atoms with Gasteiger partial charge in [-0.05, 0) is 36.6 Å².